The maximum absolute atomic E-state index is 13.3. The standard InChI is InChI=1S/C28H22Cl2N6O3/c1-15-3-4-17(11-32-15)28(37)36-7-8-38-27-24(36)9-18(12-33-27)26-20-10-19(5-6-23(20)34-35-26)39-16(2)25-21(29)13-31-14-22(25)30/h3-6,9-14,16H,7-8H2,1-2H3,(H,34,35)/t16-/m1/s1. The number of H-pyrrole nitrogens is 1. The van der Waals surface area contributed by atoms with Crippen LogP contribution in [-0.4, -0.2) is 44.2 Å². The molecule has 0 aliphatic carbocycles. The molecule has 0 saturated carbocycles. The second-order valence-corrected chi connectivity index (χ2v) is 9.91. The number of aromatic amines is 1. The Balaban J connectivity index is 1.34. The fourth-order valence-corrected chi connectivity index (χ4v) is 5.22. The Hall–Kier alpha value is -4.21. The number of nitrogens with zero attached hydrogens (tertiary/aromatic N) is 5. The summed E-state index contributed by atoms with van der Waals surface area (Å²) in [5, 5.41) is 9.28. The van der Waals surface area contributed by atoms with Gasteiger partial charge in [-0.3, -0.25) is 24.8 Å². The summed E-state index contributed by atoms with van der Waals surface area (Å²) >= 11 is 12.6. The highest BCUT2D eigenvalue weighted by Gasteiger charge is 2.27. The van der Waals surface area contributed by atoms with Crippen LogP contribution in [-0.2, 0) is 0 Å². The van der Waals surface area contributed by atoms with Crippen molar-refractivity contribution >= 4 is 45.7 Å². The first-order valence-electron chi connectivity index (χ1n) is 12.2. The summed E-state index contributed by atoms with van der Waals surface area (Å²) in [7, 11) is 0. The van der Waals surface area contributed by atoms with Crippen LogP contribution in [0.25, 0.3) is 22.2 Å². The zero-order valence-electron chi connectivity index (χ0n) is 21.0. The molecule has 5 aromatic rings. The van der Waals surface area contributed by atoms with E-state index in [0.29, 0.717) is 57.3 Å². The van der Waals surface area contributed by atoms with Crippen LogP contribution in [0, 0.1) is 6.92 Å². The summed E-state index contributed by atoms with van der Waals surface area (Å²) in [5.74, 6) is 0.831. The van der Waals surface area contributed by atoms with Crippen molar-refractivity contribution in [2.75, 3.05) is 18.1 Å². The molecule has 196 valence electrons. The number of carbonyl (C=O) groups excluding carboxylic acids is 1. The summed E-state index contributed by atoms with van der Waals surface area (Å²) in [6, 6.07) is 11.1. The van der Waals surface area contributed by atoms with Gasteiger partial charge in [0.05, 0.1) is 27.7 Å². The molecule has 1 N–H and O–H groups in total. The van der Waals surface area contributed by atoms with Gasteiger partial charge in [0.15, 0.2) is 0 Å². The molecule has 1 aliphatic heterocycles. The highest BCUT2D eigenvalue weighted by atomic mass is 35.5. The first kappa shape index (κ1) is 25.1. The molecule has 1 atom stereocenters. The number of carbonyl (C=O) groups is 1. The Morgan fingerprint density at radius 2 is 1.90 bits per heavy atom. The monoisotopic (exact) mass is 560 g/mol. The molecular weight excluding hydrogens is 539 g/mol. The van der Waals surface area contributed by atoms with Gasteiger partial charge in [-0.15, -0.1) is 0 Å². The van der Waals surface area contributed by atoms with Crippen molar-refractivity contribution in [3.8, 4) is 22.9 Å². The van der Waals surface area contributed by atoms with Crippen molar-refractivity contribution in [3.05, 3.63) is 88.1 Å². The molecule has 1 amide bonds. The SMILES string of the molecule is Cc1ccc(C(=O)N2CCOc3ncc(-c4n[nH]c5ccc(O[C@H](C)c6c(Cl)cncc6Cl)cc45)cc32)cn1. The molecule has 1 aromatic carbocycles. The lowest BCUT2D eigenvalue weighted by atomic mass is 10.1. The quantitative estimate of drug-likeness (QED) is 0.272. The van der Waals surface area contributed by atoms with Crippen molar-refractivity contribution in [1.82, 2.24) is 25.1 Å². The van der Waals surface area contributed by atoms with Gasteiger partial charge < -0.3 is 9.47 Å². The molecule has 0 saturated heterocycles. The molecule has 11 heteroatoms. The molecule has 5 heterocycles. The van der Waals surface area contributed by atoms with Crippen molar-refractivity contribution < 1.29 is 14.3 Å². The number of benzene rings is 1. The Kier molecular flexibility index (Phi) is 6.54. The van der Waals surface area contributed by atoms with Crippen LogP contribution in [0.15, 0.2) is 61.2 Å². The lowest BCUT2D eigenvalue weighted by molar-refractivity contribution is 0.0975. The summed E-state index contributed by atoms with van der Waals surface area (Å²) < 4.78 is 11.9. The predicted octanol–water partition coefficient (Wildman–Crippen LogP) is 6.21. The van der Waals surface area contributed by atoms with Crippen molar-refractivity contribution in [2.24, 2.45) is 0 Å². The van der Waals surface area contributed by atoms with Gasteiger partial charge in [0.25, 0.3) is 5.91 Å². The van der Waals surface area contributed by atoms with Crippen molar-refractivity contribution in [1.29, 1.82) is 0 Å². The third kappa shape index (κ3) is 4.75. The molecule has 0 spiro atoms. The van der Waals surface area contributed by atoms with Crippen LogP contribution < -0.4 is 14.4 Å². The number of rotatable bonds is 5. The lowest BCUT2D eigenvalue weighted by Crippen LogP contribution is -2.38. The number of halogens is 2. The van der Waals surface area contributed by atoms with Gasteiger partial charge >= 0.3 is 0 Å². The number of hydrogen-bond donors (Lipinski definition) is 1. The average molecular weight is 561 g/mol. The largest absolute Gasteiger partial charge is 0.486 e. The zero-order valence-corrected chi connectivity index (χ0v) is 22.5. The average Bonchev–Trinajstić information content (AvgIpc) is 3.36. The second-order valence-electron chi connectivity index (χ2n) is 9.10. The Bertz CT molecular complexity index is 1690. The predicted molar refractivity (Wildman–Crippen MR) is 149 cm³/mol. The maximum atomic E-state index is 13.3. The van der Waals surface area contributed by atoms with Gasteiger partial charge in [0, 0.05) is 47.0 Å². The number of anilines is 1. The Labute approximate surface area is 233 Å². The molecule has 0 bridgehead atoms. The minimum atomic E-state index is -0.417. The van der Waals surface area contributed by atoms with Gasteiger partial charge in [0.2, 0.25) is 5.88 Å². The van der Waals surface area contributed by atoms with E-state index in [9.17, 15) is 4.79 Å². The molecular formula is C28H22Cl2N6O3. The molecule has 4 aromatic heterocycles. The lowest BCUT2D eigenvalue weighted by Gasteiger charge is -2.29. The number of pyridine rings is 3. The fraction of sp³-hybridized carbons (Fsp3) is 0.179. The summed E-state index contributed by atoms with van der Waals surface area (Å²) in [6.07, 6.45) is 5.92. The van der Waals surface area contributed by atoms with E-state index in [2.05, 4.69) is 25.1 Å². The number of aromatic nitrogens is 5. The molecule has 1 aliphatic rings. The van der Waals surface area contributed by atoms with Crippen LogP contribution >= 0.6 is 23.2 Å². The van der Waals surface area contributed by atoms with E-state index in [0.717, 1.165) is 22.2 Å². The molecule has 0 fully saturated rings. The molecule has 0 radical (unpaired) electrons. The van der Waals surface area contributed by atoms with Crippen LogP contribution in [0.3, 0.4) is 0 Å². The van der Waals surface area contributed by atoms with E-state index >= 15 is 0 Å². The third-order valence-corrected chi connectivity index (χ3v) is 7.10. The first-order valence-corrected chi connectivity index (χ1v) is 13.0. The van der Waals surface area contributed by atoms with E-state index in [4.69, 9.17) is 32.7 Å². The summed E-state index contributed by atoms with van der Waals surface area (Å²) in [5.41, 5.74) is 4.76. The van der Waals surface area contributed by atoms with E-state index in [1.54, 1.807) is 23.4 Å². The summed E-state index contributed by atoms with van der Waals surface area (Å²) in [4.78, 5) is 27.8. The Morgan fingerprint density at radius 3 is 2.67 bits per heavy atom. The van der Waals surface area contributed by atoms with Crippen LogP contribution in [0.5, 0.6) is 11.6 Å². The minimum absolute atomic E-state index is 0.170. The van der Waals surface area contributed by atoms with E-state index < -0.39 is 6.10 Å². The normalized spacial score (nSPS) is 13.6. The zero-order chi connectivity index (χ0) is 27.1. The van der Waals surface area contributed by atoms with Gasteiger partial charge in [-0.05, 0) is 50.2 Å². The van der Waals surface area contributed by atoms with E-state index in [1.807, 2.05) is 44.2 Å². The molecule has 6 rings (SSSR count). The van der Waals surface area contributed by atoms with E-state index in [-0.39, 0.29) is 5.91 Å². The smallest absolute Gasteiger partial charge is 0.260 e. The number of amides is 1. The number of ether oxygens (including phenoxy) is 2. The highest BCUT2D eigenvalue weighted by Crippen LogP contribution is 2.38. The third-order valence-electron chi connectivity index (χ3n) is 6.50. The van der Waals surface area contributed by atoms with Gasteiger partial charge in [-0.1, -0.05) is 23.2 Å². The van der Waals surface area contributed by atoms with E-state index in [1.165, 1.54) is 12.4 Å². The Morgan fingerprint density at radius 1 is 1.08 bits per heavy atom. The van der Waals surface area contributed by atoms with Crippen LogP contribution in [0.4, 0.5) is 5.69 Å². The van der Waals surface area contributed by atoms with Crippen molar-refractivity contribution in [3.63, 3.8) is 0 Å². The van der Waals surface area contributed by atoms with Gasteiger partial charge in [-0.25, -0.2) is 4.98 Å². The molecule has 9 nitrogen and oxygen atoms in total. The number of fused-ring (bicyclic) bond motifs is 2. The second kappa shape index (κ2) is 10.2. The van der Waals surface area contributed by atoms with Gasteiger partial charge in [-0.2, -0.15) is 5.10 Å². The topological polar surface area (TPSA) is 106 Å². The van der Waals surface area contributed by atoms with Crippen LogP contribution in [0.2, 0.25) is 10.0 Å². The highest BCUT2D eigenvalue weighted by molar-refractivity contribution is 6.35. The van der Waals surface area contributed by atoms with Crippen molar-refractivity contribution in [2.45, 2.75) is 20.0 Å². The first-order chi connectivity index (χ1) is 18.9. The summed E-state index contributed by atoms with van der Waals surface area (Å²) in [6.45, 7) is 4.49. The van der Waals surface area contributed by atoms with Crippen LogP contribution in [0.1, 0.15) is 34.6 Å². The molecule has 0 unspecified atom stereocenters. The maximum Gasteiger partial charge on any atom is 0.260 e. The number of aryl methyl sites for hydroxylation is 1. The molecule has 39 heavy (non-hydrogen) atoms. The number of nitrogens with one attached hydrogen (secondary N) is 1. The van der Waals surface area contributed by atoms with Gasteiger partial charge in [0.1, 0.15) is 29.8 Å². The minimum Gasteiger partial charge on any atom is -0.486 e. The fourth-order valence-electron chi connectivity index (χ4n) is 4.55. The number of hydrogen-bond acceptors (Lipinski definition) is 7.